The van der Waals surface area contributed by atoms with E-state index >= 15 is 0 Å². The van der Waals surface area contributed by atoms with Crippen LogP contribution in [0.4, 0.5) is 0 Å². The van der Waals surface area contributed by atoms with Crippen LogP contribution in [0.1, 0.15) is 75.1 Å². The van der Waals surface area contributed by atoms with Crippen LogP contribution in [0, 0.1) is 5.92 Å². The molecule has 0 aliphatic heterocycles. The number of aryl methyl sites for hydroxylation is 1. The second-order valence-electron chi connectivity index (χ2n) is 10.3. The zero-order valence-electron chi connectivity index (χ0n) is 23.2. The van der Waals surface area contributed by atoms with Gasteiger partial charge >= 0.3 is 0 Å². The Morgan fingerprint density at radius 1 is 1.00 bits per heavy atom. The lowest BCUT2D eigenvalue weighted by atomic mass is 9.93. The maximum absolute atomic E-state index is 4.50. The van der Waals surface area contributed by atoms with E-state index in [4.69, 9.17) is 0 Å². The molecule has 0 heterocycles. The fraction of sp³-hybridized carbons (Fsp3) is 0.371. The van der Waals surface area contributed by atoms with Gasteiger partial charge < -0.3 is 4.90 Å². The van der Waals surface area contributed by atoms with E-state index in [1.165, 1.54) is 39.1 Å². The molecule has 2 aromatic rings. The molecule has 0 saturated heterocycles. The van der Waals surface area contributed by atoms with Crippen LogP contribution in [0.3, 0.4) is 0 Å². The SMILES string of the molecule is C=CCc1ccc(CCCC(=C)N(C)C(CC(C)C)C(=C)CC=Cc2cccc(C(=C)CC)c2)cc1. The number of nitrogens with zero attached hydrogens (tertiary/aromatic N) is 1. The minimum Gasteiger partial charge on any atom is -0.372 e. The fourth-order valence-electron chi connectivity index (χ4n) is 4.50. The molecule has 0 amide bonds. The van der Waals surface area contributed by atoms with E-state index in [9.17, 15) is 0 Å². The fourth-order valence-corrected chi connectivity index (χ4v) is 4.50. The average Bonchev–Trinajstić information content (AvgIpc) is 2.87. The minimum absolute atomic E-state index is 0.298. The highest BCUT2D eigenvalue weighted by Gasteiger charge is 2.20. The monoisotopic (exact) mass is 481 g/mol. The van der Waals surface area contributed by atoms with E-state index in [0.29, 0.717) is 12.0 Å². The van der Waals surface area contributed by atoms with Crippen molar-refractivity contribution < 1.29 is 0 Å². The van der Waals surface area contributed by atoms with E-state index in [0.717, 1.165) is 44.9 Å². The topological polar surface area (TPSA) is 3.24 Å². The van der Waals surface area contributed by atoms with E-state index in [1.807, 2.05) is 6.08 Å². The molecule has 0 saturated carbocycles. The smallest absolute Gasteiger partial charge is 0.0498 e. The Balaban J connectivity index is 1.94. The highest BCUT2D eigenvalue weighted by Crippen LogP contribution is 2.25. The summed E-state index contributed by atoms with van der Waals surface area (Å²) in [5, 5.41) is 0. The first kappa shape index (κ1) is 29.2. The van der Waals surface area contributed by atoms with Gasteiger partial charge in [0.25, 0.3) is 0 Å². The predicted octanol–water partition coefficient (Wildman–Crippen LogP) is 9.68. The van der Waals surface area contributed by atoms with E-state index in [-0.39, 0.29) is 0 Å². The maximum atomic E-state index is 4.50. The van der Waals surface area contributed by atoms with Crippen molar-refractivity contribution in [3.63, 3.8) is 0 Å². The first-order chi connectivity index (χ1) is 17.2. The molecule has 0 fully saturated rings. The first-order valence-corrected chi connectivity index (χ1v) is 13.5. The van der Waals surface area contributed by atoms with E-state index in [2.05, 4.69) is 120 Å². The van der Waals surface area contributed by atoms with Gasteiger partial charge in [-0.25, -0.2) is 0 Å². The van der Waals surface area contributed by atoms with Gasteiger partial charge in [-0.15, -0.1) is 6.58 Å². The molecule has 0 aliphatic carbocycles. The van der Waals surface area contributed by atoms with Crippen molar-refractivity contribution in [2.75, 3.05) is 7.05 Å². The second-order valence-corrected chi connectivity index (χ2v) is 10.3. The summed E-state index contributed by atoms with van der Waals surface area (Å²) in [5.74, 6) is 0.594. The van der Waals surface area contributed by atoms with Gasteiger partial charge in [-0.1, -0.05) is 107 Å². The lowest BCUT2D eigenvalue weighted by Crippen LogP contribution is -2.33. The van der Waals surface area contributed by atoms with Crippen molar-refractivity contribution in [1.82, 2.24) is 4.90 Å². The zero-order chi connectivity index (χ0) is 26.5. The summed E-state index contributed by atoms with van der Waals surface area (Å²) in [4.78, 5) is 2.37. The molecule has 0 spiro atoms. The molecule has 1 atom stereocenters. The van der Waals surface area contributed by atoms with Crippen molar-refractivity contribution in [3.8, 4) is 0 Å². The van der Waals surface area contributed by atoms with Crippen LogP contribution in [0.2, 0.25) is 0 Å². The summed E-state index contributed by atoms with van der Waals surface area (Å²) in [6.45, 7) is 23.7. The molecule has 0 bridgehead atoms. The number of hydrogen-bond acceptors (Lipinski definition) is 1. The summed E-state index contributed by atoms with van der Waals surface area (Å²) in [5.41, 5.74) is 8.76. The standard InChI is InChI=1S/C35H47N/c1-9-14-31-21-23-32(24-22-31)17-12-16-30(7)36(8)35(25-27(3)4)29(6)15-11-18-33-19-13-20-34(26-33)28(5)10-2/h9,11,13,18-24,26-27,35H,1,5-7,10,12,14-17,25H2,2-4,8H3. The summed E-state index contributed by atoms with van der Waals surface area (Å²) < 4.78 is 0. The van der Waals surface area contributed by atoms with Gasteiger partial charge in [0.1, 0.15) is 0 Å². The molecule has 2 aromatic carbocycles. The van der Waals surface area contributed by atoms with Crippen LogP contribution < -0.4 is 0 Å². The molecule has 1 unspecified atom stereocenters. The van der Waals surface area contributed by atoms with Crippen LogP contribution in [0.15, 0.2) is 98.3 Å². The van der Waals surface area contributed by atoms with E-state index in [1.54, 1.807) is 0 Å². The summed E-state index contributed by atoms with van der Waals surface area (Å²) >= 11 is 0. The zero-order valence-corrected chi connectivity index (χ0v) is 23.2. The highest BCUT2D eigenvalue weighted by atomic mass is 15.1. The number of likely N-dealkylation sites (N-methyl/N-ethyl adjacent to an activating group) is 1. The molecule has 0 N–H and O–H groups in total. The molecule has 192 valence electrons. The lowest BCUT2D eigenvalue weighted by molar-refractivity contribution is 0.286. The van der Waals surface area contributed by atoms with Crippen LogP contribution in [-0.2, 0) is 12.8 Å². The third kappa shape index (κ3) is 9.53. The molecular formula is C35H47N. The van der Waals surface area contributed by atoms with Crippen LogP contribution in [-0.4, -0.2) is 18.0 Å². The van der Waals surface area contributed by atoms with Gasteiger partial charge in [0.15, 0.2) is 0 Å². The van der Waals surface area contributed by atoms with Gasteiger partial charge in [0.05, 0.1) is 0 Å². The third-order valence-electron chi connectivity index (χ3n) is 6.88. The lowest BCUT2D eigenvalue weighted by Gasteiger charge is -2.34. The van der Waals surface area contributed by atoms with Crippen molar-refractivity contribution in [2.45, 2.75) is 71.8 Å². The maximum Gasteiger partial charge on any atom is 0.0498 e. The minimum atomic E-state index is 0.298. The normalized spacial score (nSPS) is 12.0. The van der Waals surface area contributed by atoms with Crippen molar-refractivity contribution in [1.29, 1.82) is 0 Å². The summed E-state index contributed by atoms with van der Waals surface area (Å²) in [7, 11) is 2.19. The molecule has 36 heavy (non-hydrogen) atoms. The number of allylic oxidation sites excluding steroid dienone is 4. The Bertz CT molecular complexity index is 1030. The molecular weight excluding hydrogens is 434 g/mol. The van der Waals surface area contributed by atoms with Crippen molar-refractivity contribution in [3.05, 3.63) is 121 Å². The number of benzene rings is 2. The summed E-state index contributed by atoms with van der Waals surface area (Å²) in [6, 6.07) is 17.8. The Hall–Kier alpha value is -3.06. The average molecular weight is 482 g/mol. The summed E-state index contributed by atoms with van der Waals surface area (Å²) in [6.07, 6.45) is 13.4. The van der Waals surface area contributed by atoms with Crippen molar-refractivity contribution in [2.24, 2.45) is 5.92 Å². The van der Waals surface area contributed by atoms with Crippen LogP contribution >= 0.6 is 0 Å². The third-order valence-corrected chi connectivity index (χ3v) is 6.88. The molecule has 0 aliphatic rings. The van der Waals surface area contributed by atoms with Gasteiger partial charge in [0, 0.05) is 18.8 Å². The van der Waals surface area contributed by atoms with Gasteiger partial charge in [-0.3, -0.25) is 0 Å². The van der Waals surface area contributed by atoms with Gasteiger partial charge in [0.2, 0.25) is 0 Å². The molecule has 2 rings (SSSR count). The Labute approximate surface area is 221 Å². The van der Waals surface area contributed by atoms with Crippen LogP contribution in [0.5, 0.6) is 0 Å². The van der Waals surface area contributed by atoms with E-state index < -0.39 is 0 Å². The van der Waals surface area contributed by atoms with Gasteiger partial charge in [-0.2, -0.15) is 0 Å². The molecule has 1 nitrogen and oxygen atoms in total. The molecule has 0 aromatic heterocycles. The number of hydrogen-bond donors (Lipinski definition) is 0. The highest BCUT2D eigenvalue weighted by molar-refractivity contribution is 5.66. The Kier molecular flexibility index (Phi) is 12.3. The Morgan fingerprint density at radius 2 is 1.69 bits per heavy atom. The molecule has 0 radical (unpaired) electrons. The first-order valence-electron chi connectivity index (χ1n) is 13.5. The van der Waals surface area contributed by atoms with Gasteiger partial charge in [-0.05, 0) is 84.8 Å². The number of rotatable bonds is 16. The Morgan fingerprint density at radius 3 is 2.33 bits per heavy atom. The quantitative estimate of drug-likeness (QED) is 0.216. The molecule has 1 heteroatoms. The predicted molar refractivity (Wildman–Crippen MR) is 162 cm³/mol. The van der Waals surface area contributed by atoms with Crippen molar-refractivity contribution >= 4 is 11.6 Å². The second kappa shape index (κ2) is 15.1. The van der Waals surface area contributed by atoms with Crippen LogP contribution in [0.25, 0.3) is 11.6 Å². The largest absolute Gasteiger partial charge is 0.372 e.